The van der Waals surface area contributed by atoms with Crippen LogP contribution in [0.1, 0.15) is 31.1 Å². The molecule has 1 aromatic heterocycles. The van der Waals surface area contributed by atoms with E-state index in [0.29, 0.717) is 16.6 Å². The van der Waals surface area contributed by atoms with Crippen molar-refractivity contribution < 1.29 is 14.3 Å². The van der Waals surface area contributed by atoms with E-state index in [-0.39, 0.29) is 0 Å². The fraction of sp³-hybridized carbons (Fsp3) is 0.286. The normalized spacial score (nSPS) is 11.3. The summed E-state index contributed by atoms with van der Waals surface area (Å²) in [6.45, 7) is 5.38. The fourth-order valence-electron chi connectivity index (χ4n) is 1.82. The van der Waals surface area contributed by atoms with Gasteiger partial charge in [-0.2, -0.15) is 0 Å². The molecule has 0 saturated heterocycles. The van der Waals surface area contributed by atoms with Crippen molar-refractivity contribution in [2.45, 2.75) is 26.4 Å². The molecule has 0 bridgehead atoms. The maximum atomic E-state index is 11.8. The van der Waals surface area contributed by atoms with Gasteiger partial charge in [0.1, 0.15) is 5.60 Å². The Kier molecular flexibility index (Phi) is 3.29. The Labute approximate surface area is 110 Å². The lowest BCUT2D eigenvalue weighted by Crippen LogP contribution is -2.27. The number of aldehydes is 1. The van der Waals surface area contributed by atoms with Gasteiger partial charge in [-0.05, 0) is 32.9 Å². The molecule has 1 aromatic carbocycles. The molecular weight excluding hydrogens is 244 g/mol. The first-order valence-electron chi connectivity index (χ1n) is 5.96. The Balaban J connectivity index is 2.32. The second kappa shape index (κ2) is 4.76. The summed E-state index contributed by atoms with van der Waals surface area (Å²) in [6, 6.07) is 5.36. The fourth-order valence-corrected chi connectivity index (χ4v) is 1.82. The molecule has 0 radical (unpaired) electrons. The number of benzene rings is 1. The van der Waals surface area contributed by atoms with Crippen molar-refractivity contribution in [3.05, 3.63) is 30.0 Å². The quantitative estimate of drug-likeness (QED) is 0.813. The minimum absolute atomic E-state index is 0.502. The van der Waals surface area contributed by atoms with Gasteiger partial charge in [0, 0.05) is 22.7 Å². The number of nitrogens with one attached hydrogen (secondary N) is 2. The van der Waals surface area contributed by atoms with Gasteiger partial charge in [0.2, 0.25) is 0 Å². The Morgan fingerprint density at radius 3 is 2.74 bits per heavy atom. The number of amides is 1. The summed E-state index contributed by atoms with van der Waals surface area (Å²) in [4.78, 5) is 25.7. The van der Waals surface area contributed by atoms with Crippen LogP contribution in [-0.2, 0) is 4.74 Å². The number of fused-ring (bicyclic) bond motifs is 1. The van der Waals surface area contributed by atoms with Crippen molar-refractivity contribution in [3.8, 4) is 0 Å². The van der Waals surface area contributed by atoms with Crippen molar-refractivity contribution in [1.82, 2.24) is 4.98 Å². The van der Waals surface area contributed by atoms with E-state index in [1.54, 1.807) is 39.1 Å². The first-order valence-corrected chi connectivity index (χ1v) is 5.96. The van der Waals surface area contributed by atoms with Gasteiger partial charge in [-0.3, -0.25) is 10.1 Å². The summed E-state index contributed by atoms with van der Waals surface area (Å²) in [7, 11) is 0. The molecule has 1 heterocycles. The largest absolute Gasteiger partial charge is 0.444 e. The van der Waals surface area contributed by atoms with E-state index in [4.69, 9.17) is 4.74 Å². The molecule has 100 valence electrons. The second-order valence-electron chi connectivity index (χ2n) is 5.22. The molecule has 0 fully saturated rings. The van der Waals surface area contributed by atoms with Gasteiger partial charge in [-0.1, -0.05) is 6.07 Å². The van der Waals surface area contributed by atoms with Gasteiger partial charge in [0.05, 0.1) is 5.69 Å². The molecule has 5 heteroatoms. The predicted octanol–water partition coefficient (Wildman–Crippen LogP) is 3.33. The SMILES string of the molecule is CC(C)(C)OC(=O)Nc1cccc2[nH]cc(C=O)c12. The zero-order valence-corrected chi connectivity index (χ0v) is 11.1. The summed E-state index contributed by atoms with van der Waals surface area (Å²) in [5.41, 5.74) is 1.27. The van der Waals surface area contributed by atoms with Gasteiger partial charge in [-0.15, -0.1) is 0 Å². The molecule has 0 unspecified atom stereocenters. The predicted molar refractivity (Wildman–Crippen MR) is 73.5 cm³/mol. The van der Waals surface area contributed by atoms with Crippen molar-refractivity contribution >= 4 is 29.0 Å². The van der Waals surface area contributed by atoms with Crippen LogP contribution in [0.3, 0.4) is 0 Å². The topological polar surface area (TPSA) is 71.2 Å². The highest BCUT2D eigenvalue weighted by molar-refractivity contribution is 6.07. The van der Waals surface area contributed by atoms with Gasteiger partial charge >= 0.3 is 6.09 Å². The van der Waals surface area contributed by atoms with Gasteiger partial charge < -0.3 is 9.72 Å². The number of ether oxygens (including phenoxy) is 1. The number of hydrogen-bond donors (Lipinski definition) is 2. The van der Waals surface area contributed by atoms with Crippen molar-refractivity contribution in [2.24, 2.45) is 0 Å². The third-order valence-electron chi connectivity index (χ3n) is 2.50. The number of carbonyl (C=O) groups excluding carboxylic acids is 2. The van der Waals surface area contributed by atoms with Crippen LogP contribution in [0.2, 0.25) is 0 Å². The van der Waals surface area contributed by atoms with Crippen LogP contribution in [0.4, 0.5) is 10.5 Å². The van der Waals surface area contributed by atoms with E-state index in [0.717, 1.165) is 11.8 Å². The maximum Gasteiger partial charge on any atom is 0.412 e. The van der Waals surface area contributed by atoms with Gasteiger partial charge in [-0.25, -0.2) is 4.79 Å². The average molecular weight is 260 g/mol. The number of rotatable bonds is 2. The molecule has 1 amide bonds. The second-order valence-corrected chi connectivity index (χ2v) is 5.22. The summed E-state index contributed by atoms with van der Waals surface area (Å²) in [5.74, 6) is 0. The lowest BCUT2D eigenvalue weighted by molar-refractivity contribution is 0.0636. The van der Waals surface area contributed by atoms with Crippen LogP contribution < -0.4 is 5.32 Å². The third kappa shape index (κ3) is 2.93. The molecule has 2 rings (SSSR count). The lowest BCUT2D eigenvalue weighted by atomic mass is 10.1. The molecule has 5 nitrogen and oxygen atoms in total. The van der Waals surface area contributed by atoms with Crippen LogP contribution in [0.25, 0.3) is 10.9 Å². The molecule has 19 heavy (non-hydrogen) atoms. The maximum absolute atomic E-state index is 11.8. The van der Waals surface area contributed by atoms with Crippen LogP contribution >= 0.6 is 0 Å². The Morgan fingerprint density at radius 1 is 1.37 bits per heavy atom. The van der Waals surface area contributed by atoms with E-state index in [9.17, 15) is 9.59 Å². The van der Waals surface area contributed by atoms with Crippen LogP contribution in [0.15, 0.2) is 24.4 Å². The van der Waals surface area contributed by atoms with E-state index in [1.165, 1.54) is 0 Å². The molecular formula is C14H16N2O3. The number of hydrogen-bond acceptors (Lipinski definition) is 3. The minimum Gasteiger partial charge on any atom is -0.444 e. The third-order valence-corrected chi connectivity index (χ3v) is 2.50. The van der Waals surface area contributed by atoms with Gasteiger partial charge in [0.15, 0.2) is 6.29 Å². The first-order chi connectivity index (χ1) is 8.90. The molecule has 2 N–H and O–H groups in total. The number of H-pyrrole nitrogens is 1. The molecule has 0 saturated carbocycles. The molecule has 0 aliphatic carbocycles. The zero-order chi connectivity index (χ0) is 14.0. The minimum atomic E-state index is -0.566. The summed E-state index contributed by atoms with van der Waals surface area (Å²) < 4.78 is 5.19. The van der Waals surface area contributed by atoms with Crippen molar-refractivity contribution in [3.63, 3.8) is 0 Å². The van der Waals surface area contributed by atoms with E-state index in [2.05, 4.69) is 10.3 Å². The van der Waals surface area contributed by atoms with Gasteiger partial charge in [0.25, 0.3) is 0 Å². The van der Waals surface area contributed by atoms with Crippen LogP contribution in [0, 0.1) is 0 Å². The smallest absolute Gasteiger partial charge is 0.412 e. The number of carbonyl (C=O) groups is 2. The Bertz CT molecular complexity index is 623. The Morgan fingerprint density at radius 2 is 2.11 bits per heavy atom. The standard InChI is InChI=1S/C14H16N2O3/c1-14(2,3)19-13(18)16-11-6-4-5-10-12(11)9(8-17)7-15-10/h4-8,15H,1-3H3,(H,16,18). The van der Waals surface area contributed by atoms with E-state index in [1.807, 2.05) is 6.07 Å². The molecule has 0 spiro atoms. The monoisotopic (exact) mass is 260 g/mol. The highest BCUT2D eigenvalue weighted by Crippen LogP contribution is 2.26. The van der Waals surface area contributed by atoms with E-state index < -0.39 is 11.7 Å². The van der Waals surface area contributed by atoms with E-state index >= 15 is 0 Å². The summed E-state index contributed by atoms with van der Waals surface area (Å²) in [5, 5.41) is 3.35. The average Bonchev–Trinajstić information content (AvgIpc) is 2.70. The lowest BCUT2D eigenvalue weighted by Gasteiger charge is -2.19. The summed E-state index contributed by atoms with van der Waals surface area (Å²) in [6.07, 6.45) is 1.81. The van der Waals surface area contributed by atoms with Crippen molar-refractivity contribution in [1.29, 1.82) is 0 Å². The molecule has 0 atom stereocenters. The highest BCUT2D eigenvalue weighted by atomic mass is 16.6. The van der Waals surface area contributed by atoms with Crippen LogP contribution in [0.5, 0.6) is 0 Å². The first kappa shape index (κ1) is 13.1. The molecule has 0 aliphatic heterocycles. The van der Waals surface area contributed by atoms with Crippen LogP contribution in [-0.4, -0.2) is 23.0 Å². The molecule has 0 aliphatic rings. The Hall–Kier alpha value is -2.30. The summed E-state index contributed by atoms with van der Waals surface area (Å²) >= 11 is 0. The highest BCUT2D eigenvalue weighted by Gasteiger charge is 2.17. The molecule has 2 aromatic rings. The number of aromatic amines is 1. The number of anilines is 1. The zero-order valence-electron chi connectivity index (χ0n) is 11.1. The van der Waals surface area contributed by atoms with Crippen molar-refractivity contribution in [2.75, 3.05) is 5.32 Å². The number of aromatic nitrogens is 1.